The minimum atomic E-state index is -4.34. The Morgan fingerprint density at radius 1 is 1.23 bits per heavy atom. The molecule has 0 aliphatic rings. The molecule has 0 aromatic rings. The Morgan fingerprint density at radius 3 is 2.15 bits per heavy atom. The molecule has 8 heteroatoms. The maximum Gasteiger partial charge on any atom is 0.389 e. The molecule has 0 aromatic carbocycles. The van der Waals surface area contributed by atoms with Gasteiger partial charge in [-0.25, -0.2) is 4.39 Å². The summed E-state index contributed by atoms with van der Waals surface area (Å²) < 4.78 is 70.3. The average molecular weight is 224 g/mol. The topological polar surface area (TPSA) is 43.4 Å². The van der Waals surface area contributed by atoms with E-state index in [4.69, 9.17) is 0 Å². The van der Waals surface area contributed by atoms with E-state index in [0.717, 1.165) is 0 Å². The van der Waals surface area contributed by atoms with Crippen LogP contribution in [0.15, 0.2) is 0 Å². The van der Waals surface area contributed by atoms with Gasteiger partial charge in [-0.05, 0) is 6.42 Å². The lowest BCUT2D eigenvalue weighted by atomic mass is 10.3. The van der Waals surface area contributed by atoms with Gasteiger partial charge in [0, 0.05) is 6.42 Å². The third-order valence-electron chi connectivity index (χ3n) is 1.00. The minimum absolute atomic E-state index is 0.497. The Kier molecular flexibility index (Phi) is 4.62. The van der Waals surface area contributed by atoms with Crippen molar-refractivity contribution < 1.29 is 30.2 Å². The fourth-order valence-corrected chi connectivity index (χ4v) is 0.925. The van der Waals surface area contributed by atoms with Gasteiger partial charge in [-0.2, -0.15) is 21.6 Å². The lowest BCUT2D eigenvalue weighted by Crippen LogP contribution is -2.12. The zero-order valence-electron chi connectivity index (χ0n) is 6.47. The SMILES string of the molecule is O=S(=O)(CF)OCCCC(F)(F)F. The summed E-state index contributed by atoms with van der Waals surface area (Å²) in [4.78, 5) is 0. The Balaban J connectivity index is 3.59. The van der Waals surface area contributed by atoms with Crippen LogP contribution in [-0.4, -0.2) is 27.2 Å². The van der Waals surface area contributed by atoms with Gasteiger partial charge >= 0.3 is 6.18 Å². The van der Waals surface area contributed by atoms with Gasteiger partial charge in [0.1, 0.15) is 0 Å². The van der Waals surface area contributed by atoms with E-state index in [1.54, 1.807) is 0 Å². The second kappa shape index (κ2) is 4.75. The van der Waals surface area contributed by atoms with Crippen molar-refractivity contribution in [3.63, 3.8) is 0 Å². The van der Waals surface area contributed by atoms with Crippen LogP contribution in [0, 0.1) is 0 Å². The third-order valence-corrected chi connectivity index (χ3v) is 1.79. The molecule has 0 unspecified atom stereocenters. The molecule has 0 fully saturated rings. The molecule has 0 N–H and O–H groups in total. The molecule has 0 aliphatic carbocycles. The van der Waals surface area contributed by atoms with E-state index in [9.17, 15) is 26.0 Å². The molecule has 0 bridgehead atoms. The normalized spacial score (nSPS) is 13.2. The first-order chi connectivity index (χ1) is 5.77. The molecule has 0 saturated carbocycles. The molecule has 13 heavy (non-hydrogen) atoms. The predicted molar refractivity (Wildman–Crippen MR) is 36.1 cm³/mol. The van der Waals surface area contributed by atoms with E-state index in [2.05, 4.69) is 4.18 Å². The molecule has 0 heterocycles. The van der Waals surface area contributed by atoms with E-state index in [1.807, 2.05) is 0 Å². The van der Waals surface area contributed by atoms with Crippen molar-refractivity contribution in [2.75, 3.05) is 12.6 Å². The highest BCUT2D eigenvalue weighted by Gasteiger charge is 2.26. The summed E-state index contributed by atoms with van der Waals surface area (Å²) in [7, 11) is -4.27. The minimum Gasteiger partial charge on any atom is -0.268 e. The molecule has 0 rings (SSSR count). The van der Waals surface area contributed by atoms with Gasteiger partial charge in [0.05, 0.1) is 6.61 Å². The molecule has 3 nitrogen and oxygen atoms in total. The first-order valence-corrected chi connectivity index (χ1v) is 4.84. The van der Waals surface area contributed by atoms with E-state index < -0.39 is 41.7 Å². The molecule has 0 aromatic heterocycles. The van der Waals surface area contributed by atoms with Gasteiger partial charge in [0.15, 0.2) is 0 Å². The van der Waals surface area contributed by atoms with Crippen LogP contribution in [0.3, 0.4) is 0 Å². The van der Waals surface area contributed by atoms with E-state index in [-0.39, 0.29) is 0 Å². The fourth-order valence-electron chi connectivity index (χ4n) is 0.490. The number of halogens is 4. The molecule has 0 amide bonds. The summed E-state index contributed by atoms with van der Waals surface area (Å²) in [5.41, 5.74) is 0. The molecular weight excluding hydrogens is 216 g/mol. The van der Waals surface area contributed by atoms with E-state index in [1.165, 1.54) is 0 Å². The van der Waals surface area contributed by atoms with Gasteiger partial charge in [-0.15, -0.1) is 0 Å². The first kappa shape index (κ1) is 12.6. The summed E-state index contributed by atoms with van der Waals surface area (Å²) in [5, 5.41) is 0. The summed E-state index contributed by atoms with van der Waals surface area (Å²) >= 11 is 0. The van der Waals surface area contributed by atoms with Gasteiger partial charge < -0.3 is 0 Å². The number of rotatable bonds is 5. The first-order valence-electron chi connectivity index (χ1n) is 3.27. The van der Waals surface area contributed by atoms with Crippen molar-refractivity contribution >= 4 is 10.1 Å². The zero-order valence-corrected chi connectivity index (χ0v) is 7.29. The third kappa shape index (κ3) is 7.97. The quantitative estimate of drug-likeness (QED) is 0.404. The molecule has 0 aliphatic heterocycles. The van der Waals surface area contributed by atoms with Crippen molar-refractivity contribution in [1.29, 1.82) is 0 Å². The molecule has 0 spiro atoms. The number of hydrogen-bond acceptors (Lipinski definition) is 3. The Hall–Kier alpha value is -0.370. The smallest absolute Gasteiger partial charge is 0.268 e. The Bertz CT molecular complexity index is 233. The second-order valence-corrected chi connectivity index (χ2v) is 3.78. The van der Waals surface area contributed by atoms with Gasteiger partial charge in [-0.1, -0.05) is 0 Å². The van der Waals surface area contributed by atoms with Crippen molar-refractivity contribution in [3.8, 4) is 0 Å². The second-order valence-electron chi connectivity index (χ2n) is 2.21. The maximum absolute atomic E-state index is 11.5. The maximum atomic E-state index is 11.5. The van der Waals surface area contributed by atoms with Crippen molar-refractivity contribution in [1.82, 2.24) is 0 Å². The summed E-state index contributed by atoms with van der Waals surface area (Å²) in [6.45, 7) is -0.647. The highest BCUT2D eigenvalue weighted by Crippen LogP contribution is 2.21. The lowest BCUT2D eigenvalue weighted by Gasteiger charge is -2.05. The molecule has 0 atom stereocenters. The van der Waals surface area contributed by atoms with E-state index in [0.29, 0.717) is 0 Å². The Morgan fingerprint density at radius 2 is 1.77 bits per heavy atom. The number of alkyl halides is 4. The largest absolute Gasteiger partial charge is 0.389 e. The summed E-state index contributed by atoms with van der Waals surface area (Å²) in [6.07, 6.45) is -5.99. The standard InChI is InChI=1S/C5H8F4O3S/c6-4-13(10,11)12-3-1-2-5(7,8)9/h1-4H2. The van der Waals surface area contributed by atoms with Crippen LogP contribution in [0.2, 0.25) is 0 Å². The summed E-state index contributed by atoms with van der Waals surface area (Å²) in [6, 6.07) is -1.72. The molecule has 0 saturated heterocycles. The van der Waals surface area contributed by atoms with Crippen LogP contribution in [0.4, 0.5) is 17.6 Å². The molecule has 0 radical (unpaired) electrons. The zero-order chi connectivity index (χ0) is 10.5. The Labute approximate surface area is 72.8 Å². The van der Waals surface area contributed by atoms with Crippen LogP contribution >= 0.6 is 0 Å². The van der Waals surface area contributed by atoms with Crippen LogP contribution in [0.25, 0.3) is 0 Å². The van der Waals surface area contributed by atoms with Crippen molar-refractivity contribution in [3.05, 3.63) is 0 Å². The van der Waals surface area contributed by atoms with Crippen LogP contribution in [0.1, 0.15) is 12.8 Å². The van der Waals surface area contributed by atoms with Gasteiger partial charge in [0.25, 0.3) is 10.1 Å². The van der Waals surface area contributed by atoms with Crippen LogP contribution < -0.4 is 0 Å². The predicted octanol–water partition coefficient (Wildman–Crippen LogP) is 1.60. The molecule has 80 valence electrons. The van der Waals surface area contributed by atoms with Crippen molar-refractivity contribution in [2.24, 2.45) is 0 Å². The van der Waals surface area contributed by atoms with Crippen LogP contribution in [0.5, 0.6) is 0 Å². The van der Waals surface area contributed by atoms with E-state index >= 15 is 0 Å². The fraction of sp³-hybridized carbons (Fsp3) is 1.00. The highest BCUT2D eigenvalue weighted by molar-refractivity contribution is 7.86. The monoisotopic (exact) mass is 224 g/mol. The van der Waals surface area contributed by atoms with Crippen molar-refractivity contribution in [2.45, 2.75) is 19.0 Å². The highest BCUT2D eigenvalue weighted by atomic mass is 32.2. The molecular formula is C5H8F4O3S. The number of hydrogen-bond donors (Lipinski definition) is 0. The summed E-state index contributed by atoms with van der Waals surface area (Å²) in [5.74, 6) is 0. The van der Waals surface area contributed by atoms with Crippen LogP contribution in [-0.2, 0) is 14.3 Å². The van der Waals surface area contributed by atoms with Gasteiger partial charge in [-0.3, -0.25) is 4.18 Å². The average Bonchev–Trinajstić information content (AvgIpc) is 1.97. The van der Waals surface area contributed by atoms with Gasteiger partial charge in [0.2, 0.25) is 6.01 Å². The lowest BCUT2D eigenvalue weighted by molar-refractivity contribution is -0.136.